The molecule has 0 nitrogen and oxygen atoms in total. The van der Waals surface area contributed by atoms with Crippen LogP contribution in [0.2, 0.25) is 0 Å². The van der Waals surface area contributed by atoms with Gasteiger partial charge in [-0.05, 0) is 100 Å². The lowest BCUT2D eigenvalue weighted by molar-refractivity contribution is 1.37. The van der Waals surface area contributed by atoms with Crippen molar-refractivity contribution in [3.8, 4) is 55.6 Å². The summed E-state index contributed by atoms with van der Waals surface area (Å²) in [6.45, 7) is 8.91. The van der Waals surface area contributed by atoms with E-state index in [2.05, 4.69) is 179 Å². The predicted molar refractivity (Wildman–Crippen MR) is 204 cm³/mol. The summed E-state index contributed by atoms with van der Waals surface area (Å²) in [6, 6.07) is 56.8. The molecule has 1 aliphatic heterocycles. The zero-order valence-corrected chi connectivity index (χ0v) is 27.5. The van der Waals surface area contributed by atoms with E-state index in [1.807, 2.05) is 0 Å². The van der Waals surface area contributed by atoms with E-state index in [9.17, 15) is 0 Å². The van der Waals surface area contributed by atoms with Crippen LogP contribution in [0.15, 0.2) is 152 Å². The molecule has 7 aromatic carbocycles. The van der Waals surface area contributed by atoms with Crippen LogP contribution in [0.25, 0.3) is 55.6 Å². The molecule has 1 heterocycles. The van der Waals surface area contributed by atoms with Gasteiger partial charge in [0.1, 0.15) is 0 Å². The molecule has 0 N–H and O–H groups in total. The molecule has 1 heteroatoms. The van der Waals surface area contributed by atoms with Gasteiger partial charge in [-0.1, -0.05) is 174 Å². The minimum Gasteiger partial charge on any atom is -0.0664 e. The molecule has 0 atom stereocenters. The van der Waals surface area contributed by atoms with Crippen molar-refractivity contribution in [2.45, 2.75) is 27.7 Å². The van der Waals surface area contributed by atoms with Crippen LogP contribution in [0.5, 0.6) is 0 Å². The number of rotatable bonds is 3. The Morgan fingerprint density at radius 3 is 1.19 bits per heavy atom. The second kappa shape index (κ2) is 11.8. The maximum Gasteiger partial charge on any atom is 0.244 e. The van der Waals surface area contributed by atoms with Crippen LogP contribution in [0, 0.1) is 27.7 Å². The topological polar surface area (TPSA) is 0 Å². The Morgan fingerprint density at radius 1 is 0.298 bits per heavy atom. The highest BCUT2D eigenvalue weighted by Crippen LogP contribution is 2.40. The van der Waals surface area contributed by atoms with Crippen LogP contribution in [0.1, 0.15) is 22.3 Å². The van der Waals surface area contributed by atoms with E-state index >= 15 is 0 Å². The van der Waals surface area contributed by atoms with Gasteiger partial charge in [0.25, 0.3) is 0 Å². The van der Waals surface area contributed by atoms with E-state index in [0.717, 1.165) is 0 Å². The van der Waals surface area contributed by atoms with Crippen molar-refractivity contribution in [1.29, 1.82) is 0 Å². The first-order valence-electron chi connectivity index (χ1n) is 16.6. The predicted octanol–water partition coefficient (Wildman–Crippen LogP) is 10.1. The highest BCUT2D eigenvalue weighted by molar-refractivity contribution is 6.98. The largest absolute Gasteiger partial charge is 0.244 e. The number of hydrogen-bond donors (Lipinski definition) is 0. The fourth-order valence-corrected chi connectivity index (χ4v) is 7.92. The number of hydrogen-bond acceptors (Lipinski definition) is 0. The normalized spacial score (nSPS) is 11.8. The van der Waals surface area contributed by atoms with Crippen molar-refractivity contribution >= 4 is 23.1 Å². The van der Waals surface area contributed by atoms with Crippen LogP contribution in [0.3, 0.4) is 0 Å². The Bertz CT molecular complexity index is 2220. The molecular weight excluding hydrogens is 563 g/mol. The second-order valence-electron chi connectivity index (χ2n) is 13.1. The molecular formula is C46H37B. The quantitative estimate of drug-likeness (QED) is 0.177. The van der Waals surface area contributed by atoms with Gasteiger partial charge in [0.2, 0.25) is 6.71 Å². The first-order chi connectivity index (χ1) is 23.0. The van der Waals surface area contributed by atoms with Crippen molar-refractivity contribution in [3.63, 3.8) is 0 Å². The lowest BCUT2D eigenvalue weighted by atomic mass is 9.33. The van der Waals surface area contributed by atoms with Gasteiger partial charge in [-0.15, -0.1) is 0 Å². The first-order valence-corrected chi connectivity index (χ1v) is 16.6. The van der Waals surface area contributed by atoms with Crippen LogP contribution < -0.4 is 16.4 Å². The Morgan fingerprint density at radius 2 is 0.702 bits per heavy atom. The van der Waals surface area contributed by atoms with Crippen molar-refractivity contribution in [3.05, 3.63) is 174 Å². The van der Waals surface area contributed by atoms with Crippen molar-refractivity contribution < 1.29 is 0 Å². The monoisotopic (exact) mass is 600 g/mol. The smallest absolute Gasteiger partial charge is 0.0664 e. The van der Waals surface area contributed by atoms with E-state index in [1.54, 1.807) is 0 Å². The number of fused-ring (bicyclic) bond motifs is 7. The minimum absolute atomic E-state index is 0.0347. The maximum atomic E-state index is 2.43. The highest BCUT2D eigenvalue weighted by Gasteiger charge is 2.34. The molecule has 0 bridgehead atoms. The lowest BCUT2D eigenvalue weighted by Crippen LogP contribution is -2.54. The third-order valence-corrected chi connectivity index (χ3v) is 9.99. The second-order valence-corrected chi connectivity index (χ2v) is 13.1. The van der Waals surface area contributed by atoms with Crippen LogP contribution in [-0.2, 0) is 0 Å². The summed E-state index contributed by atoms with van der Waals surface area (Å²) in [4.78, 5) is 0. The van der Waals surface area contributed by atoms with Gasteiger partial charge in [0.15, 0.2) is 0 Å². The molecule has 0 amide bonds. The van der Waals surface area contributed by atoms with Gasteiger partial charge in [-0.2, -0.15) is 0 Å². The molecule has 0 saturated carbocycles. The Kier molecular flexibility index (Phi) is 7.26. The average molecular weight is 601 g/mol. The lowest BCUT2D eigenvalue weighted by Gasteiger charge is -2.28. The summed E-state index contributed by atoms with van der Waals surface area (Å²) in [5.74, 6) is 0. The fourth-order valence-electron chi connectivity index (χ4n) is 7.92. The highest BCUT2D eigenvalue weighted by atomic mass is 14.2. The minimum atomic E-state index is -0.0347. The average Bonchev–Trinajstić information content (AvgIpc) is 3.13. The standard InChI is InChI=1S/C46H37B/c1-30-25-26-35(33(4)27-30)43-29-31(2)28-42(34-16-6-5-15-32(34)3)46(43)47-44-23-13-11-21-40(44)38-19-9-7-17-36(38)37-18-8-10-20-39(37)41-22-12-14-24-45(41)47/h5-29H,1-4H3. The molecule has 7 aromatic rings. The van der Waals surface area contributed by atoms with Crippen LogP contribution >= 0.6 is 0 Å². The SMILES string of the molecule is Cc1ccc(-c2cc(C)cc(-c3ccccc3C)c2B2c3ccccc3-c3ccccc3-c3ccccc3-c3ccccc32)c(C)c1. The molecule has 0 fully saturated rings. The van der Waals surface area contributed by atoms with Gasteiger partial charge in [0.05, 0.1) is 0 Å². The van der Waals surface area contributed by atoms with E-state index < -0.39 is 0 Å². The zero-order chi connectivity index (χ0) is 32.1. The van der Waals surface area contributed by atoms with Gasteiger partial charge < -0.3 is 0 Å². The van der Waals surface area contributed by atoms with Crippen molar-refractivity contribution in [1.82, 2.24) is 0 Å². The maximum absolute atomic E-state index is 2.43. The van der Waals surface area contributed by atoms with Gasteiger partial charge >= 0.3 is 0 Å². The summed E-state index contributed by atoms with van der Waals surface area (Å²) in [5, 5.41) is 0. The van der Waals surface area contributed by atoms with Gasteiger partial charge in [-0.3, -0.25) is 0 Å². The molecule has 8 rings (SSSR count). The molecule has 47 heavy (non-hydrogen) atoms. The molecule has 0 saturated heterocycles. The van der Waals surface area contributed by atoms with Crippen LogP contribution in [0.4, 0.5) is 0 Å². The van der Waals surface area contributed by atoms with E-state index in [1.165, 1.54) is 94.3 Å². The summed E-state index contributed by atoms with van der Waals surface area (Å²) in [5.41, 5.74) is 21.9. The summed E-state index contributed by atoms with van der Waals surface area (Å²) >= 11 is 0. The Balaban J connectivity index is 1.59. The van der Waals surface area contributed by atoms with E-state index in [0.29, 0.717) is 0 Å². The van der Waals surface area contributed by atoms with E-state index in [4.69, 9.17) is 0 Å². The number of aryl methyl sites for hydroxylation is 4. The molecule has 0 radical (unpaired) electrons. The van der Waals surface area contributed by atoms with Crippen LogP contribution in [-0.4, -0.2) is 6.71 Å². The first kappa shape index (κ1) is 29.0. The molecule has 0 unspecified atom stereocenters. The van der Waals surface area contributed by atoms with Crippen molar-refractivity contribution in [2.75, 3.05) is 0 Å². The summed E-state index contributed by atoms with van der Waals surface area (Å²) in [6.07, 6.45) is 0. The summed E-state index contributed by atoms with van der Waals surface area (Å²) in [7, 11) is 0. The van der Waals surface area contributed by atoms with E-state index in [-0.39, 0.29) is 6.71 Å². The van der Waals surface area contributed by atoms with Gasteiger partial charge in [0, 0.05) is 0 Å². The molecule has 224 valence electrons. The fraction of sp³-hybridized carbons (Fsp3) is 0.0870. The summed E-state index contributed by atoms with van der Waals surface area (Å²) < 4.78 is 0. The molecule has 0 aliphatic carbocycles. The molecule has 1 aliphatic rings. The third-order valence-electron chi connectivity index (χ3n) is 9.99. The van der Waals surface area contributed by atoms with Gasteiger partial charge in [-0.25, -0.2) is 0 Å². The van der Waals surface area contributed by atoms with Crippen molar-refractivity contribution in [2.24, 2.45) is 0 Å². The Hall–Kier alpha value is -5.40. The number of benzene rings is 7. The molecule has 0 aromatic heterocycles. The Labute approximate surface area is 279 Å². The third kappa shape index (κ3) is 4.95. The molecule has 0 spiro atoms. The zero-order valence-electron chi connectivity index (χ0n) is 27.5.